The summed E-state index contributed by atoms with van der Waals surface area (Å²) in [6.45, 7) is 0. The van der Waals surface area contributed by atoms with Gasteiger partial charge in [0, 0.05) is 0 Å². The summed E-state index contributed by atoms with van der Waals surface area (Å²) in [7, 11) is 1.84. The maximum Gasteiger partial charge on any atom is 0.369 e. The number of phenolic OH excluding ortho intramolecular Hbond substituents is 1. The van der Waals surface area contributed by atoms with E-state index < -0.39 is 0 Å². The summed E-state index contributed by atoms with van der Waals surface area (Å²) in [5.41, 5.74) is 6.12. The first kappa shape index (κ1) is 38.4. The highest BCUT2D eigenvalue weighted by molar-refractivity contribution is 9.69. The number of hydrogen-bond donors (Lipinski definition) is 1. The second kappa shape index (κ2) is 17.3. The molecule has 50 heavy (non-hydrogen) atoms. The van der Waals surface area contributed by atoms with E-state index in [1.807, 2.05) is 7.11 Å². The lowest BCUT2D eigenvalue weighted by atomic mass is 9.79. The molecule has 8 bridgehead atoms. The van der Waals surface area contributed by atoms with Gasteiger partial charge in [-0.25, -0.2) is 0 Å². The van der Waals surface area contributed by atoms with E-state index in [-0.39, 0.29) is 8.52 Å². The molecular formula is C42H56BBr3Cl2O2. The van der Waals surface area contributed by atoms with Crippen LogP contribution >= 0.6 is 70.5 Å². The zero-order valence-corrected chi connectivity index (χ0v) is 36.0. The van der Waals surface area contributed by atoms with E-state index in [0.29, 0.717) is 5.75 Å². The summed E-state index contributed by atoms with van der Waals surface area (Å²) in [6, 6.07) is 13.9. The number of hydrogen-bond acceptors (Lipinski definition) is 2. The molecule has 0 radical (unpaired) electrons. The Morgan fingerprint density at radius 3 is 1.04 bits per heavy atom. The Morgan fingerprint density at radius 2 is 0.820 bits per heavy atom. The Morgan fingerprint density at radius 1 is 0.540 bits per heavy atom. The number of fused-ring (bicyclic) bond motifs is 8. The van der Waals surface area contributed by atoms with Crippen molar-refractivity contribution >= 4 is 73.7 Å². The van der Waals surface area contributed by atoms with Gasteiger partial charge in [-0.2, -0.15) is 0 Å². The van der Waals surface area contributed by atoms with Crippen molar-refractivity contribution in [2.75, 3.05) is 12.4 Å². The lowest BCUT2D eigenvalue weighted by Gasteiger charge is -2.26. The highest BCUT2D eigenvalue weighted by atomic mass is 79.9. The SMILES string of the molecule is BrB(Br)Br.COc1cc(C2CC3CCC2C3)cc(C2CC3CCC2C3)c1.ClCCl.Oc1cc(C2CC3CCC2C3)cc(C2CC3CCC2C3)c1. The van der Waals surface area contributed by atoms with E-state index >= 15 is 0 Å². The number of halogens is 5. The zero-order valence-electron chi connectivity index (χ0n) is 29.7. The van der Waals surface area contributed by atoms with E-state index in [1.165, 1.54) is 114 Å². The fourth-order valence-electron chi connectivity index (χ4n) is 12.9. The number of alkyl halides is 2. The van der Waals surface area contributed by atoms with Gasteiger partial charge in [0.05, 0.1) is 12.4 Å². The van der Waals surface area contributed by atoms with Crippen LogP contribution in [0, 0.1) is 47.3 Å². The van der Waals surface area contributed by atoms with Crippen LogP contribution in [-0.2, 0) is 0 Å². The predicted octanol–water partition coefficient (Wildman–Crippen LogP) is 14.3. The van der Waals surface area contributed by atoms with Crippen molar-refractivity contribution in [1.29, 1.82) is 0 Å². The van der Waals surface area contributed by atoms with Crippen LogP contribution in [0.2, 0.25) is 0 Å². The number of rotatable bonds is 5. The Balaban J connectivity index is 0.000000133. The summed E-state index contributed by atoms with van der Waals surface area (Å²) >= 11 is 18.8. The van der Waals surface area contributed by atoms with Gasteiger partial charge in [-0.15, -0.1) is 70.5 Å². The van der Waals surface area contributed by atoms with Gasteiger partial charge in [-0.1, -0.05) is 37.8 Å². The molecule has 274 valence electrons. The topological polar surface area (TPSA) is 29.5 Å². The minimum atomic E-state index is 0.194. The molecule has 0 spiro atoms. The molecule has 0 amide bonds. The van der Waals surface area contributed by atoms with Crippen LogP contribution in [0.4, 0.5) is 0 Å². The highest BCUT2D eigenvalue weighted by Crippen LogP contribution is 2.58. The van der Waals surface area contributed by atoms with Crippen molar-refractivity contribution in [3.05, 3.63) is 58.7 Å². The standard InChI is InChI=1S/C21H28O.C20H26O.CH2Cl2.BBr3/c1-22-19-11-17(20-8-13-2-4-15(20)6-13)10-18(12-19)21-9-14-3-5-16(21)7-14;21-18-10-16(19-7-12-1-3-14(19)5-12)9-17(11-18)20-8-13-2-4-15(20)6-13;2-1-3;2-1(3)4/h10-16,20-21H,2-9H2,1H3;9-15,19-21H,1-8H2;1H2;. The average molecular weight is 914 g/mol. The third kappa shape index (κ3) is 8.81. The molecule has 8 fully saturated rings. The lowest BCUT2D eigenvalue weighted by Crippen LogP contribution is -2.12. The van der Waals surface area contributed by atoms with E-state index in [2.05, 4.69) is 83.7 Å². The van der Waals surface area contributed by atoms with Gasteiger partial charge in [0.1, 0.15) is 11.5 Å². The molecule has 12 atom stereocenters. The summed E-state index contributed by atoms with van der Waals surface area (Å²) in [6.07, 6.45) is 23.2. The Kier molecular flexibility index (Phi) is 13.3. The second-order valence-electron chi connectivity index (χ2n) is 17.4. The van der Waals surface area contributed by atoms with Gasteiger partial charge in [-0.3, -0.25) is 0 Å². The first-order valence-corrected chi connectivity index (χ1v) is 23.6. The number of benzene rings is 2. The molecule has 10 rings (SSSR count). The van der Waals surface area contributed by atoms with Gasteiger partial charge in [0.15, 0.2) is 0 Å². The van der Waals surface area contributed by atoms with Gasteiger partial charge >= 0.3 is 3.18 Å². The Labute approximate surface area is 337 Å². The maximum atomic E-state index is 10.3. The molecule has 2 aromatic carbocycles. The fourth-order valence-corrected chi connectivity index (χ4v) is 12.9. The molecule has 12 unspecified atom stereocenters. The number of methoxy groups -OCH3 is 1. The quantitative estimate of drug-likeness (QED) is 0.239. The van der Waals surface area contributed by atoms with Gasteiger partial charge in [0.2, 0.25) is 0 Å². The molecule has 0 heterocycles. The summed E-state index contributed by atoms with van der Waals surface area (Å²) in [5.74, 6) is 12.5. The third-order valence-corrected chi connectivity index (χ3v) is 14.8. The van der Waals surface area contributed by atoms with Crippen LogP contribution in [0.15, 0.2) is 36.4 Å². The van der Waals surface area contributed by atoms with Crippen LogP contribution in [0.3, 0.4) is 0 Å². The van der Waals surface area contributed by atoms with Crippen molar-refractivity contribution in [3.63, 3.8) is 0 Å². The molecule has 0 aromatic heterocycles. The van der Waals surface area contributed by atoms with Crippen LogP contribution in [0.5, 0.6) is 11.5 Å². The summed E-state index contributed by atoms with van der Waals surface area (Å²) in [5, 5.41) is 10.4. The summed E-state index contributed by atoms with van der Waals surface area (Å²) < 4.78 is 5.95. The molecule has 8 aliphatic carbocycles. The number of aromatic hydroxyl groups is 1. The van der Waals surface area contributed by atoms with Crippen LogP contribution < -0.4 is 4.74 Å². The second-order valence-corrected chi connectivity index (χ2v) is 24.6. The molecule has 8 heteroatoms. The molecule has 2 aromatic rings. The Bertz CT molecular complexity index is 1350. The number of ether oxygens (including phenoxy) is 1. The minimum Gasteiger partial charge on any atom is -0.508 e. The molecule has 8 saturated carbocycles. The van der Waals surface area contributed by atoms with Crippen molar-refractivity contribution in [2.24, 2.45) is 47.3 Å². The van der Waals surface area contributed by atoms with E-state index in [4.69, 9.17) is 27.9 Å². The van der Waals surface area contributed by atoms with Gasteiger partial charge in [0.25, 0.3) is 0 Å². The molecule has 8 aliphatic rings. The Hall–Kier alpha value is 0.125. The van der Waals surface area contributed by atoms with E-state index in [0.717, 1.165) is 76.8 Å². The maximum absolute atomic E-state index is 10.3. The monoisotopic (exact) mass is 910 g/mol. The van der Waals surface area contributed by atoms with Crippen molar-refractivity contribution < 1.29 is 9.84 Å². The largest absolute Gasteiger partial charge is 0.508 e. The predicted molar refractivity (Wildman–Crippen MR) is 223 cm³/mol. The van der Waals surface area contributed by atoms with Gasteiger partial charge < -0.3 is 9.84 Å². The van der Waals surface area contributed by atoms with E-state index in [1.54, 1.807) is 11.1 Å². The van der Waals surface area contributed by atoms with Gasteiger partial charge in [-0.05, 0) is 195 Å². The zero-order chi connectivity index (χ0) is 34.9. The first-order chi connectivity index (χ1) is 24.2. The third-order valence-electron chi connectivity index (χ3n) is 14.8. The molecule has 0 aliphatic heterocycles. The minimum absolute atomic E-state index is 0.194. The van der Waals surface area contributed by atoms with Crippen LogP contribution in [0.1, 0.15) is 149 Å². The molecule has 2 nitrogen and oxygen atoms in total. The van der Waals surface area contributed by atoms with Crippen LogP contribution in [-0.4, -0.2) is 20.7 Å². The van der Waals surface area contributed by atoms with Crippen molar-refractivity contribution in [1.82, 2.24) is 0 Å². The summed E-state index contributed by atoms with van der Waals surface area (Å²) in [4.78, 5) is 0. The smallest absolute Gasteiger partial charge is 0.369 e. The number of phenols is 1. The highest BCUT2D eigenvalue weighted by Gasteiger charge is 2.44. The normalized spacial score (nSPS) is 37.9. The van der Waals surface area contributed by atoms with Crippen LogP contribution in [0.25, 0.3) is 0 Å². The molecule has 0 saturated heterocycles. The fraction of sp³-hybridized carbons (Fsp3) is 0.714. The molecule has 1 N–H and O–H groups in total. The van der Waals surface area contributed by atoms with Crippen molar-refractivity contribution in [3.8, 4) is 11.5 Å². The lowest BCUT2D eigenvalue weighted by molar-refractivity contribution is 0.395. The van der Waals surface area contributed by atoms with Crippen molar-refractivity contribution in [2.45, 2.75) is 126 Å². The average Bonchev–Trinajstić information content (AvgIpc) is 3.98. The first-order valence-electron chi connectivity index (χ1n) is 19.8. The molecular weight excluding hydrogens is 858 g/mol. The van der Waals surface area contributed by atoms with E-state index in [9.17, 15) is 5.11 Å².